The van der Waals surface area contributed by atoms with E-state index in [1.54, 1.807) is 12.1 Å². The van der Waals surface area contributed by atoms with Gasteiger partial charge in [-0.15, -0.1) is 0 Å². The lowest BCUT2D eigenvalue weighted by atomic mass is 9.93. The molecule has 0 amide bonds. The molecule has 0 aliphatic rings. The van der Waals surface area contributed by atoms with Crippen LogP contribution in [0.3, 0.4) is 0 Å². The maximum Gasteiger partial charge on any atom is 0.123 e. The van der Waals surface area contributed by atoms with Crippen LogP contribution in [0.25, 0.3) is 16.8 Å². The van der Waals surface area contributed by atoms with Gasteiger partial charge in [0.25, 0.3) is 0 Å². The first kappa shape index (κ1) is 20.9. The second-order valence-electron chi connectivity index (χ2n) is 6.95. The largest absolute Gasteiger partial charge is 0.507 e. The normalized spacial score (nSPS) is 13.8. The number of phenols is 1. The number of rotatable bonds is 9. The van der Waals surface area contributed by atoms with Crippen LogP contribution in [0.2, 0.25) is 0 Å². The van der Waals surface area contributed by atoms with Gasteiger partial charge < -0.3 is 15.3 Å². The third-order valence-corrected chi connectivity index (χ3v) is 4.77. The summed E-state index contributed by atoms with van der Waals surface area (Å²) in [5.41, 5.74) is 3.83. The van der Waals surface area contributed by atoms with Crippen LogP contribution in [0.4, 0.5) is 0 Å². The van der Waals surface area contributed by atoms with E-state index in [0.29, 0.717) is 12.0 Å². The van der Waals surface area contributed by atoms with E-state index in [-0.39, 0.29) is 12.4 Å². The minimum Gasteiger partial charge on any atom is -0.507 e. The lowest BCUT2D eigenvalue weighted by molar-refractivity contribution is 0.201. The van der Waals surface area contributed by atoms with Crippen molar-refractivity contribution < 1.29 is 15.3 Å². The van der Waals surface area contributed by atoms with Crippen LogP contribution in [-0.4, -0.2) is 28.0 Å². The van der Waals surface area contributed by atoms with Gasteiger partial charge in [0, 0.05) is 5.39 Å². The fourth-order valence-corrected chi connectivity index (χ4v) is 3.41. The van der Waals surface area contributed by atoms with E-state index in [0.717, 1.165) is 41.2 Å². The van der Waals surface area contributed by atoms with Crippen LogP contribution >= 0.6 is 0 Å². The number of aliphatic hydroxyl groups excluding tert-OH is 2. The minimum absolute atomic E-state index is 0.101. The van der Waals surface area contributed by atoms with Crippen LogP contribution in [0.1, 0.15) is 45.1 Å². The Morgan fingerprint density at radius 1 is 1.11 bits per heavy atom. The van der Waals surface area contributed by atoms with Gasteiger partial charge in [-0.25, -0.2) is 0 Å². The van der Waals surface area contributed by atoms with Gasteiger partial charge in [-0.1, -0.05) is 73.6 Å². The number of aromatic hydroxyl groups is 1. The van der Waals surface area contributed by atoms with E-state index in [2.05, 4.69) is 19.6 Å². The van der Waals surface area contributed by atoms with Crippen molar-refractivity contribution in [2.24, 2.45) is 0 Å². The zero-order valence-electron chi connectivity index (χ0n) is 16.3. The molecule has 2 aromatic rings. The second kappa shape index (κ2) is 10.1. The highest BCUT2D eigenvalue weighted by Crippen LogP contribution is 2.30. The van der Waals surface area contributed by atoms with Crippen LogP contribution < -0.4 is 0 Å². The molecule has 0 heterocycles. The van der Waals surface area contributed by atoms with E-state index in [9.17, 15) is 10.2 Å². The van der Waals surface area contributed by atoms with Crippen LogP contribution in [0.5, 0.6) is 5.75 Å². The molecule has 0 saturated heterocycles. The third-order valence-electron chi connectivity index (χ3n) is 4.77. The number of benzene rings is 2. The predicted octanol–water partition coefficient (Wildman–Crippen LogP) is 5.36. The smallest absolute Gasteiger partial charge is 0.123 e. The number of aliphatic hydroxyl groups is 2. The van der Waals surface area contributed by atoms with Gasteiger partial charge in [-0.3, -0.25) is 0 Å². The summed E-state index contributed by atoms with van der Waals surface area (Å²) in [6, 6.07) is 11.5. The Hall–Kier alpha value is -2.36. The molecule has 3 nitrogen and oxygen atoms in total. The third kappa shape index (κ3) is 5.56. The Morgan fingerprint density at radius 3 is 2.44 bits per heavy atom. The lowest BCUT2D eigenvalue weighted by Gasteiger charge is -2.16. The fourth-order valence-electron chi connectivity index (χ4n) is 3.41. The molecule has 0 aromatic heterocycles. The maximum absolute atomic E-state index is 10.5. The van der Waals surface area contributed by atoms with E-state index in [1.807, 2.05) is 37.3 Å². The summed E-state index contributed by atoms with van der Waals surface area (Å²) < 4.78 is 0. The van der Waals surface area contributed by atoms with Gasteiger partial charge in [0.05, 0.1) is 12.7 Å². The van der Waals surface area contributed by atoms with Crippen molar-refractivity contribution in [3.05, 3.63) is 71.3 Å². The van der Waals surface area contributed by atoms with Gasteiger partial charge >= 0.3 is 0 Å². The average molecular weight is 367 g/mol. The highest BCUT2D eigenvalue weighted by molar-refractivity contribution is 5.94. The predicted molar refractivity (Wildman–Crippen MR) is 114 cm³/mol. The number of hydrogen-bond acceptors (Lipinski definition) is 3. The molecule has 144 valence electrons. The molecule has 0 bridgehead atoms. The Balaban J connectivity index is 2.26. The molecule has 3 heteroatoms. The van der Waals surface area contributed by atoms with E-state index < -0.39 is 6.10 Å². The summed E-state index contributed by atoms with van der Waals surface area (Å²) in [5, 5.41) is 31.6. The molecule has 1 unspecified atom stereocenters. The van der Waals surface area contributed by atoms with Gasteiger partial charge in [-0.05, 0) is 48.8 Å². The summed E-state index contributed by atoms with van der Waals surface area (Å²) >= 11 is 0. The van der Waals surface area contributed by atoms with Crippen LogP contribution in [0, 0.1) is 0 Å². The molecule has 27 heavy (non-hydrogen) atoms. The fraction of sp³-hybridized carbons (Fsp3) is 0.333. The standard InChI is InChI=1S/C24H30O3/c1-4-7-18(10-12-23(26)20(14-15-25)17(2)3)16-19-11-13-24(27)22-9-6-5-8-21(19)22/h5-6,8-9,11,13-14,16,23,25-27H,2,4,7,10,12,15H2,1,3H3/b18-16+,20-14-. The number of allylic oxidation sites excluding steroid dienone is 1. The first-order valence-electron chi connectivity index (χ1n) is 9.53. The van der Waals surface area contributed by atoms with Crippen molar-refractivity contribution in [3.8, 4) is 5.75 Å². The Labute approximate surface area is 162 Å². The molecule has 0 aliphatic heterocycles. The molecule has 0 fully saturated rings. The quantitative estimate of drug-likeness (QED) is 0.523. The summed E-state index contributed by atoms with van der Waals surface area (Å²) in [6.07, 6.45) is 6.50. The Bertz CT molecular complexity index is 846. The minimum atomic E-state index is -0.633. The van der Waals surface area contributed by atoms with Crippen LogP contribution in [0.15, 0.2) is 65.8 Å². The zero-order valence-corrected chi connectivity index (χ0v) is 16.3. The van der Waals surface area contributed by atoms with E-state index in [4.69, 9.17) is 5.11 Å². The molecule has 2 rings (SSSR count). The van der Waals surface area contributed by atoms with Gasteiger partial charge in [0.15, 0.2) is 0 Å². The molecule has 2 aromatic carbocycles. The molecule has 0 spiro atoms. The first-order chi connectivity index (χ1) is 13.0. The molecular formula is C24H30O3. The monoisotopic (exact) mass is 366 g/mol. The van der Waals surface area contributed by atoms with Crippen molar-refractivity contribution in [2.75, 3.05) is 6.61 Å². The number of fused-ring (bicyclic) bond motifs is 1. The van der Waals surface area contributed by atoms with Crippen molar-refractivity contribution in [2.45, 2.75) is 45.6 Å². The van der Waals surface area contributed by atoms with Crippen LogP contribution in [-0.2, 0) is 0 Å². The van der Waals surface area contributed by atoms with E-state index >= 15 is 0 Å². The summed E-state index contributed by atoms with van der Waals surface area (Å²) in [7, 11) is 0. The molecule has 0 radical (unpaired) electrons. The van der Waals surface area contributed by atoms with E-state index in [1.165, 1.54) is 5.57 Å². The average Bonchev–Trinajstić information content (AvgIpc) is 2.66. The first-order valence-corrected chi connectivity index (χ1v) is 9.53. The topological polar surface area (TPSA) is 60.7 Å². The van der Waals surface area contributed by atoms with Gasteiger partial charge in [0.1, 0.15) is 5.75 Å². The highest BCUT2D eigenvalue weighted by Gasteiger charge is 2.13. The summed E-state index contributed by atoms with van der Waals surface area (Å²) in [5.74, 6) is 0.287. The van der Waals surface area contributed by atoms with Gasteiger partial charge in [0.2, 0.25) is 0 Å². The number of hydrogen-bond donors (Lipinski definition) is 3. The van der Waals surface area contributed by atoms with Crippen molar-refractivity contribution in [1.82, 2.24) is 0 Å². The van der Waals surface area contributed by atoms with Crippen molar-refractivity contribution in [1.29, 1.82) is 0 Å². The highest BCUT2D eigenvalue weighted by atomic mass is 16.3. The molecular weight excluding hydrogens is 336 g/mol. The summed E-state index contributed by atoms with van der Waals surface area (Å²) in [4.78, 5) is 0. The van der Waals surface area contributed by atoms with Crippen molar-refractivity contribution >= 4 is 16.8 Å². The maximum atomic E-state index is 10.5. The Morgan fingerprint density at radius 2 is 1.81 bits per heavy atom. The Kier molecular flexibility index (Phi) is 7.83. The molecule has 1 atom stereocenters. The second-order valence-corrected chi connectivity index (χ2v) is 6.95. The molecule has 0 saturated carbocycles. The van der Waals surface area contributed by atoms with Gasteiger partial charge in [-0.2, -0.15) is 0 Å². The molecule has 0 aliphatic carbocycles. The van der Waals surface area contributed by atoms with Crippen molar-refractivity contribution in [3.63, 3.8) is 0 Å². The number of phenolic OH excluding ortho intramolecular Hbond substituents is 1. The zero-order chi connectivity index (χ0) is 19.8. The lowest BCUT2D eigenvalue weighted by Crippen LogP contribution is -2.12. The SMILES string of the molecule is C=C(C)/C(=C/CO)C(O)CC/C(=C/c1ccc(O)c2ccccc12)CCC. The summed E-state index contributed by atoms with van der Waals surface area (Å²) in [6.45, 7) is 7.78. The molecule has 3 N–H and O–H groups in total.